The number of hydrogen-bond donors (Lipinski definition) is 0. The van der Waals surface area contributed by atoms with Gasteiger partial charge >= 0.3 is 0 Å². The lowest BCUT2D eigenvalue weighted by atomic mass is 9.93. The van der Waals surface area contributed by atoms with E-state index in [1.165, 1.54) is 0 Å². The first-order valence-electron chi connectivity index (χ1n) is 12.0. The molecular formula is C29H26N4O3. The van der Waals surface area contributed by atoms with Crippen molar-refractivity contribution < 1.29 is 14.3 Å². The van der Waals surface area contributed by atoms with Crippen LogP contribution in [0.1, 0.15) is 30.9 Å². The fourth-order valence-corrected chi connectivity index (χ4v) is 4.58. The van der Waals surface area contributed by atoms with E-state index in [0.717, 1.165) is 34.6 Å². The predicted octanol–water partition coefficient (Wildman–Crippen LogP) is 4.62. The van der Waals surface area contributed by atoms with Gasteiger partial charge in [0.2, 0.25) is 0 Å². The number of aryl methyl sites for hydroxylation is 1. The maximum Gasteiger partial charge on any atom is 0.271 e. The van der Waals surface area contributed by atoms with Crippen LogP contribution in [-0.2, 0) is 14.3 Å². The normalized spacial score (nSPS) is 19.3. The molecule has 2 aliphatic heterocycles. The molecule has 0 saturated carbocycles. The topological polar surface area (TPSA) is 88.2 Å². The highest BCUT2D eigenvalue weighted by Crippen LogP contribution is 2.32. The number of aromatic nitrogens is 2. The summed E-state index contributed by atoms with van der Waals surface area (Å²) in [5.74, 6) is -0.985. The van der Waals surface area contributed by atoms with Gasteiger partial charge in [0.15, 0.2) is 0 Å². The van der Waals surface area contributed by atoms with E-state index >= 15 is 0 Å². The first-order valence-corrected chi connectivity index (χ1v) is 12.0. The first kappa shape index (κ1) is 23.5. The second kappa shape index (κ2) is 9.76. The zero-order chi connectivity index (χ0) is 25.2. The third-order valence-corrected chi connectivity index (χ3v) is 6.62. The Morgan fingerprint density at radius 2 is 1.83 bits per heavy atom. The van der Waals surface area contributed by atoms with E-state index in [9.17, 15) is 14.9 Å². The fourth-order valence-electron chi connectivity index (χ4n) is 4.58. The Balaban J connectivity index is 1.63. The number of rotatable bonds is 5. The molecule has 5 rings (SSSR count). The maximum atomic E-state index is 13.6. The fraction of sp³-hybridized carbons (Fsp3) is 0.241. The molecule has 7 heteroatoms. The van der Waals surface area contributed by atoms with Crippen molar-refractivity contribution in [3.63, 3.8) is 0 Å². The van der Waals surface area contributed by atoms with E-state index in [1.807, 2.05) is 73.8 Å². The molecule has 2 amide bonds. The Bertz CT molecular complexity index is 1420. The Morgan fingerprint density at radius 3 is 2.50 bits per heavy atom. The van der Waals surface area contributed by atoms with Gasteiger partial charge in [-0.1, -0.05) is 48.0 Å². The van der Waals surface area contributed by atoms with Gasteiger partial charge in [-0.05, 0) is 50.5 Å². The van der Waals surface area contributed by atoms with Gasteiger partial charge in [-0.3, -0.25) is 14.5 Å². The van der Waals surface area contributed by atoms with Gasteiger partial charge < -0.3 is 4.74 Å². The summed E-state index contributed by atoms with van der Waals surface area (Å²) in [4.78, 5) is 27.7. The number of para-hydroxylation sites is 1. The van der Waals surface area contributed by atoms with Crippen LogP contribution in [-0.4, -0.2) is 45.8 Å². The monoisotopic (exact) mass is 478 g/mol. The maximum absolute atomic E-state index is 13.6. The van der Waals surface area contributed by atoms with E-state index in [4.69, 9.17) is 9.84 Å². The summed E-state index contributed by atoms with van der Waals surface area (Å²) in [6.45, 7) is 4.42. The number of nitriles is 1. The summed E-state index contributed by atoms with van der Waals surface area (Å²) < 4.78 is 7.43. The largest absolute Gasteiger partial charge is 0.376 e. The molecule has 0 spiro atoms. The number of hydrogen-bond acceptors (Lipinski definition) is 5. The summed E-state index contributed by atoms with van der Waals surface area (Å²) in [6.07, 6.45) is 5.07. The lowest BCUT2D eigenvalue weighted by Crippen LogP contribution is -2.46. The summed E-state index contributed by atoms with van der Waals surface area (Å²) in [5, 5.41) is 14.6. The molecular weight excluding hydrogens is 452 g/mol. The molecule has 1 aromatic heterocycles. The molecule has 3 aromatic rings. The van der Waals surface area contributed by atoms with E-state index in [1.54, 1.807) is 17.7 Å². The molecule has 0 N–H and O–H groups in total. The zero-order valence-corrected chi connectivity index (χ0v) is 20.3. The molecule has 1 atom stereocenters. The standard InChI is InChI=1S/C29H26N4O3/c1-19-10-12-21(13-11-19)27-22(17-33(31-27)23-7-4-3-5-8-23)15-25-20(2)26(16-30)29(35)32(28(25)34)18-24-9-6-14-36-24/h3-5,7-8,10-13,15,17,24H,6,9,14,18H2,1-2H3/b25-15-/t24-/m1/s1. The van der Waals surface area contributed by atoms with E-state index in [0.29, 0.717) is 29.0 Å². The Labute approximate surface area is 209 Å². The summed E-state index contributed by atoms with van der Waals surface area (Å²) in [7, 11) is 0. The Hall–Kier alpha value is -4.28. The molecule has 0 bridgehead atoms. The number of nitrogens with zero attached hydrogens (tertiary/aromatic N) is 4. The lowest BCUT2D eigenvalue weighted by Gasteiger charge is -2.29. The minimum Gasteiger partial charge on any atom is -0.376 e. The molecule has 3 heterocycles. The van der Waals surface area contributed by atoms with Gasteiger partial charge in [-0.25, -0.2) is 4.68 Å². The smallest absolute Gasteiger partial charge is 0.271 e. The Morgan fingerprint density at radius 1 is 1.08 bits per heavy atom. The molecule has 1 fully saturated rings. The van der Waals surface area contributed by atoms with Gasteiger partial charge in [-0.2, -0.15) is 10.4 Å². The number of imide groups is 1. The van der Waals surface area contributed by atoms with Gasteiger partial charge in [0.05, 0.1) is 24.0 Å². The van der Waals surface area contributed by atoms with Crippen LogP contribution in [0.2, 0.25) is 0 Å². The molecule has 36 heavy (non-hydrogen) atoms. The number of amides is 2. The van der Waals surface area contributed by atoms with E-state index in [2.05, 4.69) is 0 Å². The predicted molar refractivity (Wildman–Crippen MR) is 136 cm³/mol. The minimum atomic E-state index is -0.564. The second-order valence-corrected chi connectivity index (χ2v) is 9.10. The molecule has 180 valence electrons. The minimum absolute atomic E-state index is 0.0221. The van der Waals surface area contributed by atoms with Crippen LogP contribution in [0.15, 0.2) is 77.5 Å². The van der Waals surface area contributed by atoms with Gasteiger partial charge in [0.25, 0.3) is 11.8 Å². The van der Waals surface area contributed by atoms with Gasteiger partial charge in [-0.15, -0.1) is 0 Å². The summed E-state index contributed by atoms with van der Waals surface area (Å²) >= 11 is 0. The van der Waals surface area contributed by atoms with Crippen molar-refractivity contribution in [2.75, 3.05) is 13.2 Å². The molecule has 2 aliphatic rings. The Kier molecular flexibility index (Phi) is 6.36. The number of carbonyl (C=O) groups is 2. The lowest BCUT2D eigenvalue weighted by molar-refractivity contribution is -0.142. The average Bonchev–Trinajstić information content (AvgIpc) is 3.56. The highest BCUT2D eigenvalue weighted by Gasteiger charge is 2.37. The van der Waals surface area contributed by atoms with Crippen molar-refractivity contribution in [2.24, 2.45) is 0 Å². The van der Waals surface area contributed by atoms with Crippen LogP contribution in [0.3, 0.4) is 0 Å². The van der Waals surface area contributed by atoms with Crippen LogP contribution >= 0.6 is 0 Å². The average molecular weight is 479 g/mol. The molecule has 7 nitrogen and oxygen atoms in total. The molecule has 0 aliphatic carbocycles. The van der Waals surface area contributed by atoms with Gasteiger partial charge in [0.1, 0.15) is 11.6 Å². The SMILES string of the molecule is CC1=C(C#N)C(=O)N(C[C@H]2CCCO2)C(=O)/C1=C\c1cn(-c2ccccc2)nc1-c1ccc(C)cc1. The highest BCUT2D eigenvalue weighted by molar-refractivity contribution is 6.19. The second-order valence-electron chi connectivity index (χ2n) is 9.10. The quantitative estimate of drug-likeness (QED) is 0.394. The number of ether oxygens (including phenoxy) is 1. The zero-order valence-electron chi connectivity index (χ0n) is 20.3. The van der Waals surface area contributed by atoms with Crippen molar-refractivity contribution in [3.05, 3.63) is 88.6 Å². The molecule has 1 saturated heterocycles. The van der Waals surface area contributed by atoms with Crippen molar-refractivity contribution >= 4 is 17.9 Å². The van der Waals surface area contributed by atoms with Crippen molar-refractivity contribution in [1.29, 1.82) is 5.26 Å². The first-order chi connectivity index (χ1) is 17.5. The van der Waals surface area contributed by atoms with Crippen LogP contribution in [0.5, 0.6) is 0 Å². The highest BCUT2D eigenvalue weighted by atomic mass is 16.5. The van der Waals surface area contributed by atoms with Crippen LogP contribution in [0.25, 0.3) is 23.0 Å². The molecule has 2 aromatic carbocycles. The van der Waals surface area contributed by atoms with Crippen molar-refractivity contribution in [2.45, 2.75) is 32.8 Å². The third kappa shape index (κ3) is 4.39. The summed E-state index contributed by atoms with van der Waals surface area (Å²) in [6, 6.07) is 19.7. The van der Waals surface area contributed by atoms with Crippen LogP contribution < -0.4 is 0 Å². The van der Waals surface area contributed by atoms with E-state index in [-0.39, 0.29) is 18.2 Å². The molecule has 0 radical (unpaired) electrons. The van der Waals surface area contributed by atoms with Crippen LogP contribution in [0.4, 0.5) is 0 Å². The van der Waals surface area contributed by atoms with Crippen LogP contribution in [0, 0.1) is 18.3 Å². The van der Waals surface area contributed by atoms with E-state index < -0.39 is 11.8 Å². The summed E-state index contributed by atoms with van der Waals surface area (Å²) in [5.41, 5.74) is 4.99. The van der Waals surface area contributed by atoms with Crippen molar-refractivity contribution in [3.8, 4) is 23.0 Å². The third-order valence-electron chi connectivity index (χ3n) is 6.62. The number of benzene rings is 2. The van der Waals surface area contributed by atoms with Crippen molar-refractivity contribution in [1.82, 2.24) is 14.7 Å². The number of carbonyl (C=O) groups excluding carboxylic acids is 2. The van der Waals surface area contributed by atoms with Gasteiger partial charge in [0, 0.05) is 29.5 Å². The molecule has 0 unspecified atom stereocenters.